The molecule has 0 saturated heterocycles. The lowest BCUT2D eigenvalue weighted by Gasteiger charge is -2.05. The van der Waals surface area contributed by atoms with Crippen LogP contribution in [0.25, 0.3) is 0 Å². The van der Waals surface area contributed by atoms with E-state index in [-0.39, 0.29) is 22.4 Å². The molecule has 1 heterocycles. The van der Waals surface area contributed by atoms with Crippen LogP contribution in [0.5, 0.6) is 0 Å². The topological polar surface area (TPSA) is 88.2 Å². The van der Waals surface area contributed by atoms with Gasteiger partial charge in [0.05, 0.1) is 17.0 Å². The van der Waals surface area contributed by atoms with Gasteiger partial charge in [-0.05, 0) is 29.8 Å². The number of hydrogen-bond acceptors (Lipinski definition) is 5. The number of nitrogens with zero attached hydrogens (tertiary/aromatic N) is 1. The molecule has 0 bridgehead atoms. The number of nitrogens with one attached hydrogen (secondary N) is 2. The molecule has 3 aromatic rings. The molecule has 1 aromatic heterocycles. The number of anilines is 1. The number of sulfonamides is 1. The molecule has 140 valence electrons. The van der Waals surface area contributed by atoms with E-state index in [0.717, 1.165) is 16.9 Å². The third-order valence-corrected chi connectivity index (χ3v) is 6.11. The molecule has 0 atom stereocenters. The van der Waals surface area contributed by atoms with Gasteiger partial charge >= 0.3 is 0 Å². The Morgan fingerprint density at radius 3 is 2.48 bits per heavy atom. The van der Waals surface area contributed by atoms with Crippen LogP contribution in [0.15, 0.2) is 64.9 Å². The van der Waals surface area contributed by atoms with Gasteiger partial charge in [0.2, 0.25) is 5.91 Å². The molecule has 0 unspecified atom stereocenters. The summed E-state index contributed by atoms with van der Waals surface area (Å²) in [6, 6.07) is 15.4. The minimum atomic E-state index is -3.75. The first-order valence-electron chi connectivity index (χ1n) is 7.96. The van der Waals surface area contributed by atoms with Gasteiger partial charge in [0.25, 0.3) is 10.0 Å². The van der Waals surface area contributed by atoms with Crippen molar-refractivity contribution in [1.82, 2.24) is 10.3 Å². The number of benzene rings is 2. The van der Waals surface area contributed by atoms with Crippen LogP contribution in [-0.2, 0) is 27.8 Å². The van der Waals surface area contributed by atoms with Gasteiger partial charge in [-0.25, -0.2) is 13.4 Å². The van der Waals surface area contributed by atoms with Crippen molar-refractivity contribution >= 4 is 44.0 Å². The molecular weight excluding hydrogens is 406 g/mol. The second-order valence-corrected chi connectivity index (χ2v) is 8.62. The van der Waals surface area contributed by atoms with Crippen molar-refractivity contribution in [3.05, 3.63) is 76.3 Å². The molecule has 1 amide bonds. The van der Waals surface area contributed by atoms with Crippen LogP contribution in [-0.4, -0.2) is 19.3 Å². The van der Waals surface area contributed by atoms with Gasteiger partial charge in [-0.15, -0.1) is 11.3 Å². The fraction of sp³-hybridized carbons (Fsp3) is 0.111. The number of aromatic nitrogens is 1. The zero-order chi connectivity index (χ0) is 19.3. The lowest BCUT2D eigenvalue weighted by molar-refractivity contribution is -0.120. The summed E-state index contributed by atoms with van der Waals surface area (Å²) in [7, 11) is -3.75. The molecule has 6 nitrogen and oxygen atoms in total. The van der Waals surface area contributed by atoms with Crippen molar-refractivity contribution < 1.29 is 13.2 Å². The summed E-state index contributed by atoms with van der Waals surface area (Å²) in [6.07, 6.45) is 0.0754. The SMILES string of the molecule is O=C(Cc1csc(NS(=O)(=O)c2ccc(Cl)cc2)n1)NCc1ccccc1. The average molecular weight is 422 g/mol. The van der Waals surface area contributed by atoms with Crippen LogP contribution in [0.1, 0.15) is 11.3 Å². The first-order chi connectivity index (χ1) is 12.9. The fourth-order valence-corrected chi connectivity index (χ4v) is 4.34. The highest BCUT2D eigenvalue weighted by Crippen LogP contribution is 2.21. The van der Waals surface area contributed by atoms with Gasteiger partial charge in [0.15, 0.2) is 5.13 Å². The van der Waals surface area contributed by atoms with E-state index in [9.17, 15) is 13.2 Å². The van der Waals surface area contributed by atoms with Gasteiger partial charge < -0.3 is 5.32 Å². The molecule has 0 radical (unpaired) electrons. The summed E-state index contributed by atoms with van der Waals surface area (Å²) in [4.78, 5) is 16.3. The monoisotopic (exact) mass is 421 g/mol. The molecule has 2 aromatic carbocycles. The van der Waals surface area contributed by atoms with Crippen LogP contribution in [0.3, 0.4) is 0 Å². The van der Waals surface area contributed by atoms with Crippen LogP contribution >= 0.6 is 22.9 Å². The largest absolute Gasteiger partial charge is 0.352 e. The lowest BCUT2D eigenvalue weighted by atomic mass is 10.2. The molecule has 0 fully saturated rings. The zero-order valence-electron chi connectivity index (χ0n) is 14.1. The van der Waals surface area contributed by atoms with E-state index < -0.39 is 10.0 Å². The quantitative estimate of drug-likeness (QED) is 0.611. The maximum Gasteiger partial charge on any atom is 0.263 e. The molecule has 0 spiro atoms. The molecule has 9 heteroatoms. The van der Waals surface area contributed by atoms with Crippen LogP contribution < -0.4 is 10.0 Å². The lowest BCUT2D eigenvalue weighted by Crippen LogP contribution is -2.24. The molecule has 3 rings (SSSR count). The number of amides is 1. The summed E-state index contributed by atoms with van der Waals surface area (Å²) in [5, 5.41) is 5.12. The van der Waals surface area contributed by atoms with Gasteiger partial charge in [0.1, 0.15) is 0 Å². The first kappa shape index (κ1) is 19.3. The van der Waals surface area contributed by atoms with Crippen LogP contribution in [0.2, 0.25) is 5.02 Å². The van der Waals surface area contributed by atoms with Gasteiger partial charge in [-0.3, -0.25) is 9.52 Å². The molecule has 0 aliphatic carbocycles. The van der Waals surface area contributed by atoms with E-state index >= 15 is 0 Å². The predicted molar refractivity (Wildman–Crippen MR) is 106 cm³/mol. The summed E-state index contributed by atoms with van der Waals surface area (Å²) in [5.74, 6) is -0.184. The Morgan fingerprint density at radius 1 is 1.07 bits per heavy atom. The minimum Gasteiger partial charge on any atom is -0.352 e. The van der Waals surface area contributed by atoms with Crippen LogP contribution in [0.4, 0.5) is 5.13 Å². The van der Waals surface area contributed by atoms with Crippen molar-refractivity contribution in [3.63, 3.8) is 0 Å². The Bertz CT molecular complexity index is 1020. The highest BCUT2D eigenvalue weighted by molar-refractivity contribution is 7.93. The molecule has 2 N–H and O–H groups in total. The van der Waals surface area contributed by atoms with E-state index in [1.54, 1.807) is 5.38 Å². The van der Waals surface area contributed by atoms with E-state index in [1.807, 2.05) is 30.3 Å². The Balaban J connectivity index is 1.58. The van der Waals surface area contributed by atoms with E-state index in [0.29, 0.717) is 17.3 Å². The van der Waals surface area contributed by atoms with Crippen LogP contribution in [0, 0.1) is 0 Å². The highest BCUT2D eigenvalue weighted by Gasteiger charge is 2.16. The number of rotatable bonds is 7. The standard InChI is InChI=1S/C18H16ClN3O3S2/c19-14-6-8-16(9-7-14)27(24,25)22-18-21-15(12-26-18)10-17(23)20-11-13-4-2-1-3-5-13/h1-9,12H,10-11H2,(H,20,23)(H,21,22). The third kappa shape index (κ3) is 5.53. The number of carbonyl (C=O) groups excluding carboxylic acids is 1. The zero-order valence-corrected chi connectivity index (χ0v) is 16.4. The predicted octanol–water partition coefficient (Wildman–Crippen LogP) is 3.46. The Morgan fingerprint density at radius 2 is 1.78 bits per heavy atom. The van der Waals surface area contributed by atoms with Crippen molar-refractivity contribution in [2.75, 3.05) is 4.72 Å². The number of carbonyl (C=O) groups is 1. The Kier molecular flexibility index (Phi) is 6.10. The number of thiazole rings is 1. The molecule has 0 saturated carbocycles. The fourth-order valence-electron chi connectivity index (χ4n) is 2.25. The van der Waals surface area contributed by atoms with E-state index in [2.05, 4.69) is 15.0 Å². The maximum atomic E-state index is 12.3. The van der Waals surface area contributed by atoms with E-state index in [4.69, 9.17) is 11.6 Å². The Hall–Kier alpha value is -2.42. The molecular formula is C18H16ClN3O3S2. The second kappa shape index (κ2) is 8.51. The summed E-state index contributed by atoms with van der Waals surface area (Å²) in [5.41, 5.74) is 1.50. The summed E-state index contributed by atoms with van der Waals surface area (Å²) >= 11 is 6.90. The van der Waals surface area contributed by atoms with Crippen molar-refractivity contribution in [3.8, 4) is 0 Å². The van der Waals surface area contributed by atoms with E-state index in [1.165, 1.54) is 24.3 Å². The Labute approximate surface area is 166 Å². The van der Waals surface area contributed by atoms with Crippen molar-refractivity contribution in [2.24, 2.45) is 0 Å². The van der Waals surface area contributed by atoms with Crippen molar-refractivity contribution in [2.45, 2.75) is 17.9 Å². The molecule has 27 heavy (non-hydrogen) atoms. The first-order valence-corrected chi connectivity index (χ1v) is 10.7. The van der Waals surface area contributed by atoms with Gasteiger partial charge in [-0.1, -0.05) is 41.9 Å². The second-order valence-electron chi connectivity index (χ2n) is 5.64. The van der Waals surface area contributed by atoms with Crippen molar-refractivity contribution in [1.29, 1.82) is 0 Å². The molecule has 0 aliphatic heterocycles. The third-order valence-electron chi connectivity index (χ3n) is 3.57. The number of hydrogen-bond donors (Lipinski definition) is 2. The normalized spacial score (nSPS) is 11.1. The minimum absolute atomic E-state index is 0.0754. The highest BCUT2D eigenvalue weighted by atomic mass is 35.5. The average Bonchev–Trinajstić information content (AvgIpc) is 3.07. The number of halogens is 1. The van der Waals surface area contributed by atoms with Gasteiger partial charge in [0, 0.05) is 16.9 Å². The molecule has 0 aliphatic rings. The summed E-state index contributed by atoms with van der Waals surface area (Å²) < 4.78 is 27.1. The van der Waals surface area contributed by atoms with Gasteiger partial charge in [-0.2, -0.15) is 0 Å². The smallest absolute Gasteiger partial charge is 0.263 e. The summed E-state index contributed by atoms with van der Waals surface area (Å²) in [6.45, 7) is 0.430. The maximum absolute atomic E-state index is 12.3.